The highest BCUT2D eigenvalue weighted by atomic mass is 35.5. The molecule has 0 radical (unpaired) electrons. The van der Waals surface area contributed by atoms with Gasteiger partial charge in [0, 0.05) is 28.8 Å². The summed E-state index contributed by atoms with van der Waals surface area (Å²) in [5.41, 5.74) is 7.45. The molecule has 0 unspecified atom stereocenters. The number of hydrogen-bond donors (Lipinski definition) is 2. The number of nitrogens with zero attached hydrogens (tertiary/aromatic N) is 2. The number of anilines is 2. The van der Waals surface area contributed by atoms with Gasteiger partial charge in [-0.3, -0.25) is 14.9 Å². The van der Waals surface area contributed by atoms with Crippen LogP contribution in [0.5, 0.6) is 0 Å². The molecule has 1 heterocycles. The maximum Gasteiger partial charge on any atom is 0.270 e. The van der Waals surface area contributed by atoms with Crippen LogP contribution in [0, 0.1) is 10.1 Å². The van der Waals surface area contributed by atoms with Crippen LogP contribution in [0.2, 0.25) is 5.02 Å². The summed E-state index contributed by atoms with van der Waals surface area (Å²) in [6.07, 6.45) is 0. The maximum atomic E-state index is 12.4. The fraction of sp³-hybridized carbons (Fsp3) is 0. The van der Waals surface area contributed by atoms with Gasteiger partial charge >= 0.3 is 0 Å². The Bertz CT molecular complexity index is 974. The number of aromatic nitrogens is 1. The van der Waals surface area contributed by atoms with Gasteiger partial charge in [-0.15, -0.1) is 11.3 Å². The van der Waals surface area contributed by atoms with Crippen molar-refractivity contribution in [1.82, 2.24) is 4.98 Å². The van der Waals surface area contributed by atoms with Crippen molar-refractivity contribution in [2.45, 2.75) is 0 Å². The number of benzene rings is 2. The van der Waals surface area contributed by atoms with Crippen LogP contribution in [0.1, 0.15) is 10.4 Å². The number of rotatable bonds is 4. The zero-order chi connectivity index (χ0) is 18.0. The molecule has 2 aromatic carbocycles. The number of amides is 1. The number of carbonyl (C=O) groups excluding carboxylic acids is 1. The largest absolute Gasteiger partial charge is 0.375 e. The molecule has 0 saturated heterocycles. The highest BCUT2D eigenvalue weighted by Gasteiger charge is 2.16. The second-order valence-corrected chi connectivity index (χ2v) is 6.32. The van der Waals surface area contributed by atoms with E-state index < -0.39 is 10.8 Å². The highest BCUT2D eigenvalue weighted by Crippen LogP contribution is 2.27. The Morgan fingerprint density at radius 1 is 1.28 bits per heavy atom. The van der Waals surface area contributed by atoms with Gasteiger partial charge in [0.2, 0.25) is 0 Å². The molecule has 0 fully saturated rings. The first-order valence-corrected chi connectivity index (χ1v) is 8.26. The molecule has 3 aromatic rings. The minimum absolute atomic E-state index is 0.0270. The summed E-state index contributed by atoms with van der Waals surface area (Å²) in [5.74, 6) is -0.538. The summed E-state index contributed by atoms with van der Waals surface area (Å²) < 4.78 is 0. The lowest BCUT2D eigenvalue weighted by molar-refractivity contribution is -0.384. The maximum absolute atomic E-state index is 12.4. The van der Waals surface area contributed by atoms with Crippen LogP contribution in [0.15, 0.2) is 47.8 Å². The molecule has 7 nitrogen and oxygen atoms in total. The molecule has 0 aliphatic heterocycles. The zero-order valence-electron chi connectivity index (χ0n) is 12.6. The number of nitrogens with one attached hydrogen (secondary N) is 1. The van der Waals surface area contributed by atoms with Gasteiger partial charge in [0.15, 0.2) is 5.13 Å². The monoisotopic (exact) mass is 374 g/mol. The van der Waals surface area contributed by atoms with Crippen molar-refractivity contribution in [3.63, 3.8) is 0 Å². The molecule has 0 aliphatic rings. The highest BCUT2D eigenvalue weighted by molar-refractivity contribution is 7.13. The van der Waals surface area contributed by atoms with Gasteiger partial charge in [-0.25, -0.2) is 4.98 Å². The molecule has 9 heteroatoms. The number of non-ortho nitro benzene ring substituents is 1. The molecule has 3 rings (SSSR count). The normalized spacial score (nSPS) is 10.4. The van der Waals surface area contributed by atoms with Crippen molar-refractivity contribution in [2.24, 2.45) is 0 Å². The summed E-state index contributed by atoms with van der Waals surface area (Å²) in [6.45, 7) is 0. The van der Waals surface area contributed by atoms with E-state index in [1.54, 1.807) is 18.2 Å². The van der Waals surface area contributed by atoms with Crippen LogP contribution in [0.3, 0.4) is 0 Å². The quantitative estimate of drug-likeness (QED) is 0.525. The van der Waals surface area contributed by atoms with Crippen molar-refractivity contribution in [1.29, 1.82) is 0 Å². The van der Waals surface area contributed by atoms with Gasteiger partial charge < -0.3 is 11.1 Å². The van der Waals surface area contributed by atoms with Gasteiger partial charge in [-0.1, -0.05) is 23.7 Å². The van der Waals surface area contributed by atoms with E-state index >= 15 is 0 Å². The minimum atomic E-state index is -0.583. The van der Waals surface area contributed by atoms with Crippen LogP contribution in [0.4, 0.5) is 16.5 Å². The topological polar surface area (TPSA) is 111 Å². The van der Waals surface area contributed by atoms with Crippen molar-refractivity contribution in [3.8, 4) is 11.3 Å². The van der Waals surface area contributed by atoms with E-state index in [-0.39, 0.29) is 16.3 Å². The standard InChI is InChI=1S/C16H11ClN4O3S/c17-13-5-4-11(21(23)24)7-12(13)15(22)19-10-3-1-2-9(6-10)14-8-25-16(18)20-14/h1-8H,(H2,18,20)(H,19,22). The van der Waals surface area contributed by atoms with Gasteiger partial charge in [0.05, 0.1) is 21.2 Å². The fourth-order valence-corrected chi connectivity index (χ4v) is 2.95. The Morgan fingerprint density at radius 2 is 2.08 bits per heavy atom. The molecule has 0 bridgehead atoms. The Morgan fingerprint density at radius 3 is 2.76 bits per heavy atom. The third-order valence-electron chi connectivity index (χ3n) is 3.34. The summed E-state index contributed by atoms with van der Waals surface area (Å²) >= 11 is 7.31. The van der Waals surface area contributed by atoms with Crippen molar-refractivity contribution in [3.05, 3.63) is 68.5 Å². The number of nitro groups is 1. The lowest BCUT2D eigenvalue weighted by Crippen LogP contribution is -2.12. The van der Waals surface area contributed by atoms with Gasteiger partial charge in [-0.05, 0) is 18.2 Å². The van der Waals surface area contributed by atoms with E-state index in [1.807, 2.05) is 11.4 Å². The summed E-state index contributed by atoms with van der Waals surface area (Å²) in [7, 11) is 0. The molecule has 0 saturated carbocycles. The van der Waals surface area contributed by atoms with Crippen LogP contribution >= 0.6 is 22.9 Å². The SMILES string of the molecule is Nc1nc(-c2cccc(NC(=O)c3cc([N+](=O)[O-])ccc3Cl)c2)cs1. The van der Waals surface area contributed by atoms with Gasteiger partial charge in [-0.2, -0.15) is 0 Å². The van der Waals surface area contributed by atoms with E-state index in [0.717, 1.165) is 11.6 Å². The van der Waals surface area contributed by atoms with Crippen LogP contribution in [-0.2, 0) is 0 Å². The molecule has 0 atom stereocenters. The lowest BCUT2D eigenvalue weighted by Gasteiger charge is -2.08. The molecule has 1 aromatic heterocycles. The molecule has 3 N–H and O–H groups in total. The molecular weight excluding hydrogens is 364 g/mol. The smallest absolute Gasteiger partial charge is 0.270 e. The van der Waals surface area contributed by atoms with Gasteiger partial charge in [0.25, 0.3) is 11.6 Å². The Balaban J connectivity index is 1.86. The van der Waals surface area contributed by atoms with Crippen molar-refractivity contribution >= 4 is 45.4 Å². The number of nitrogens with two attached hydrogens (primary N) is 1. The predicted octanol–water partition coefficient (Wildman–Crippen LogP) is 4.21. The summed E-state index contributed by atoms with van der Waals surface area (Å²) in [4.78, 5) is 26.9. The number of nitro benzene ring substituents is 1. The Kier molecular flexibility index (Phi) is 4.64. The van der Waals surface area contributed by atoms with Crippen LogP contribution in [0.25, 0.3) is 11.3 Å². The predicted molar refractivity (Wildman–Crippen MR) is 98.0 cm³/mol. The van der Waals surface area contributed by atoms with E-state index in [2.05, 4.69) is 10.3 Å². The molecule has 0 spiro atoms. The first-order valence-electron chi connectivity index (χ1n) is 7.01. The van der Waals surface area contributed by atoms with E-state index in [0.29, 0.717) is 16.5 Å². The number of hydrogen-bond acceptors (Lipinski definition) is 6. The van der Waals surface area contributed by atoms with E-state index in [9.17, 15) is 14.9 Å². The fourth-order valence-electron chi connectivity index (χ4n) is 2.18. The average Bonchev–Trinajstić information content (AvgIpc) is 3.01. The van der Waals surface area contributed by atoms with E-state index in [1.165, 1.54) is 23.5 Å². The second-order valence-electron chi connectivity index (χ2n) is 5.03. The first-order chi connectivity index (χ1) is 11.9. The Hall–Kier alpha value is -2.97. The first kappa shape index (κ1) is 16.9. The Labute approximate surface area is 151 Å². The zero-order valence-corrected chi connectivity index (χ0v) is 14.2. The third-order valence-corrected chi connectivity index (χ3v) is 4.35. The summed E-state index contributed by atoms with van der Waals surface area (Å²) in [5, 5.41) is 15.9. The van der Waals surface area contributed by atoms with Crippen LogP contribution in [-0.4, -0.2) is 15.8 Å². The molecule has 0 aliphatic carbocycles. The molecule has 126 valence electrons. The number of carbonyl (C=O) groups is 1. The molecule has 1 amide bonds. The number of thiazole rings is 1. The number of nitrogen functional groups attached to an aromatic ring is 1. The average molecular weight is 375 g/mol. The second kappa shape index (κ2) is 6.88. The van der Waals surface area contributed by atoms with Gasteiger partial charge in [0.1, 0.15) is 0 Å². The van der Waals surface area contributed by atoms with Crippen molar-refractivity contribution < 1.29 is 9.72 Å². The van der Waals surface area contributed by atoms with Crippen LogP contribution < -0.4 is 11.1 Å². The number of halogens is 1. The van der Waals surface area contributed by atoms with Crippen molar-refractivity contribution in [2.75, 3.05) is 11.1 Å². The summed E-state index contributed by atoms with van der Waals surface area (Å²) in [6, 6.07) is 10.7. The molecule has 25 heavy (non-hydrogen) atoms. The third kappa shape index (κ3) is 3.76. The lowest BCUT2D eigenvalue weighted by atomic mass is 10.1. The molecular formula is C16H11ClN4O3S. The minimum Gasteiger partial charge on any atom is -0.375 e. The van der Waals surface area contributed by atoms with E-state index in [4.69, 9.17) is 17.3 Å².